The van der Waals surface area contributed by atoms with Crippen LogP contribution in [0.5, 0.6) is 0 Å². The number of unbranched alkanes of at least 4 members (excludes halogenated alkanes) is 5. The summed E-state index contributed by atoms with van der Waals surface area (Å²) in [4.78, 5) is 24.9. The minimum atomic E-state index is -0.948. The second-order valence-electron chi connectivity index (χ2n) is 7.04. The topological polar surface area (TPSA) is 105 Å². The van der Waals surface area contributed by atoms with Gasteiger partial charge in [0.2, 0.25) is 6.29 Å². The highest BCUT2D eigenvalue weighted by molar-refractivity contribution is 5.91. The summed E-state index contributed by atoms with van der Waals surface area (Å²) in [5.41, 5.74) is 13.1. The van der Waals surface area contributed by atoms with Gasteiger partial charge in [-0.1, -0.05) is 39.0 Å². The summed E-state index contributed by atoms with van der Waals surface area (Å²) in [7, 11) is 0. The van der Waals surface area contributed by atoms with Crippen LogP contribution >= 0.6 is 0 Å². The van der Waals surface area contributed by atoms with E-state index in [4.69, 9.17) is 20.9 Å². The molecular weight excluding hydrogens is 368 g/mol. The number of anilines is 2. The largest absolute Gasteiger partial charge is 0.422 e. The standard InChI is InChI=1S/C23H30N2O4/c1-2-3-4-5-6-7-8-21(28-22(26)17-9-13-19(24)14-10-17)29-23(27)18-11-15-20(25)16-12-18/h9-16,21H,2-8,24-25H2,1H3. The zero-order valence-electron chi connectivity index (χ0n) is 16.9. The molecule has 0 spiro atoms. The first-order valence-corrected chi connectivity index (χ1v) is 10.1. The monoisotopic (exact) mass is 398 g/mol. The highest BCUT2D eigenvalue weighted by atomic mass is 16.7. The van der Waals surface area contributed by atoms with Crippen LogP contribution in [0.1, 0.15) is 72.6 Å². The molecule has 6 heteroatoms. The fourth-order valence-corrected chi connectivity index (χ4v) is 2.85. The average molecular weight is 399 g/mol. The zero-order valence-corrected chi connectivity index (χ0v) is 16.9. The summed E-state index contributed by atoms with van der Waals surface area (Å²) in [5.74, 6) is -1.10. The first kappa shape index (κ1) is 22.3. The van der Waals surface area contributed by atoms with Gasteiger partial charge in [0, 0.05) is 17.8 Å². The van der Waals surface area contributed by atoms with E-state index in [9.17, 15) is 9.59 Å². The lowest BCUT2D eigenvalue weighted by Gasteiger charge is -2.18. The molecule has 0 aromatic heterocycles. The molecule has 0 radical (unpaired) electrons. The lowest BCUT2D eigenvalue weighted by molar-refractivity contribution is -0.0838. The smallest absolute Gasteiger partial charge is 0.341 e. The lowest BCUT2D eigenvalue weighted by atomic mass is 10.1. The van der Waals surface area contributed by atoms with Crippen LogP contribution in [0.2, 0.25) is 0 Å². The van der Waals surface area contributed by atoms with Crippen molar-refractivity contribution in [2.24, 2.45) is 0 Å². The van der Waals surface area contributed by atoms with E-state index < -0.39 is 18.2 Å². The Labute approximate surface area is 172 Å². The van der Waals surface area contributed by atoms with Gasteiger partial charge in [0.1, 0.15) is 0 Å². The van der Waals surface area contributed by atoms with E-state index in [0.29, 0.717) is 28.9 Å². The average Bonchev–Trinajstić information content (AvgIpc) is 2.71. The molecule has 0 aliphatic carbocycles. The van der Waals surface area contributed by atoms with Gasteiger partial charge in [-0.3, -0.25) is 0 Å². The molecule has 2 aromatic carbocycles. The van der Waals surface area contributed by atoms with Crippen LogP contribution in [0.4, 0.5) is 11.4 Å². The second-order valence-corrected chi connectivity index (χ2v) is 7.04. The number of benzene rings is 2. The van der Waals surface area contributed by atoms with Gasteiger partial charge >= 0.3 is 11.9 Å². The summed E-state index contributed by atoms with van der Waals surface area (Å²) in [6, 6.07) is 12.8. The van der Waals surface area contributed by atoms with E-state index >= 15 is 0 Å². The third-order valence-corrected chi connectivity index (χ3v) is 4.56. The maximum Gasteiger partial charge on any atom is 0.341 e. The number of nitrogen functional groups attached to an aromatic ring is 2. The molecule has 0 fully saturated rings. The fraction of sp³-hybridized carbons (Fsp3) is 0.391. The molecule has 4 N–H and O–H groups in total. The summed E-state index contributed by atoms with van der Waals surface area (Å²) in [5, 5.41) is 0. The van der Waals surface area contributed by atoms with Crippen molar-refractivity contribution in [2.45, 2.75) is 58.2 Å². The highest BCUT2D eigenvalue weighted by Gasteiger charge is 2.21. The Bertz CT molecular complexity index is 713. The Morgan fingerprint density at radius 3 is 1.59 bits per heavy atom. The number of rotatable bonds is 11. The van der Waals surface area contributed by atoms with Crippen molar-refractivity contribution in [3.63, 3.8) is 0 Å². The van der Waals surface area contributed by atoms with Gasteiger partial charge in [0.25, 0.3) is 0 Å². The molecule has 0 aliphatic rings. The molecule has 0 saturated carbocycles. The van der Waals surface area contributed by atoms with Crippen LogP contribution in [0.15, 0.2) is 48.5 Å². The van der Waals surface area contributed by atoms with Crippen molar-refractivity contribution >= 4 is 23.3 Å². The minimum Gasteiger partial charge on any atom is -0.422 e. The molecule has 0 amide bonds. The highest BCUT2D eigenvalue weighted by Crippen LogP contribution is 2.16. The maximum absolute atomic E-state index is 12.4. The molecule has 0 saturated heterocycles. The summed E-state index contributed by atoms with van der Waals surface area (Å²) >= 11 is 0. The van der Waals surface area contributed by atoms with Crippen LogP contribution in [0.25, 0.3) is 0 Å². The van der Waals surface area contributed by atoms with Crippen molar-refractivity contribution in [3.05, 3.63) is 59.7 Å². The van der Waals surface area contributed by atoms with Crippen molar-refractivity contribution < 1.29 is 19.1 Å². The van der Waals surface area contributed by atoms with Gasteiger partial charge in [0.15, 0.2) is 0 Å². The second kappa shape index (κ2) is 11.7. The van der Waals surface area contributed by atoms with E-state index in [0.717, 1.165) is 19.3 Å². The number of hydrogen-bond donors (Lipinski definition) is 2. The molecule has 0 atom stereocenters. The minimum absolute atomic E-state index is 0.357. The van der Waals surface area contributed by atoms with E-state index in [-0.39, 0.29) is 0 Å². The quantitative estimate of drug-likeness (QED) is 0.240. The molecular formula is C23H30N2O4. The molecule has 156 valence electrons. The van der Waals surface area contributed by atoms with Gasteiger partial charge in [-0.2, -0.15) is 0 Å². The molecule has 0 bridgehead atoms. The van der Waals surface area contributed by atoms with Gasteiger partial charge < -0.3 is 20.9 Å². The van der Waals surface area contributed by atoms with Gasteiger partial charge in [0.05, 0.1) is 11.1 Å². The predicted molar refractivity (Wildman–Crippen MR) is 114 cm³/mol. The van der Waals surface area contributed by atoms with E-state index in [2.05, 4.69) is 6.92 Å². The number of ether oxygens (including phenoxy) is 2. The lowest BCUT2D eigenvalue weighted by Crippen LogP contribution is -2.25. The van der Waals surface area contributed by atoms with Crippen LogP contribution in [0, 0.1) is 0 Å². The Morgan fingerprint density at radius 2 is 1.14 bits per heavy atom. The van der Waals surface area contributed by atoms with Gasteiger partial charge in [-0.05, 0) is 55.0 Å². The molecule has 0 heterocycles. The summed E-state index contributed by atoms with van der Waals surface area (Å²) in [6.07, 6.45) is 5.98. The third kappa shape index (κ3) is 7.86. The first-order valence-electron chi connectivity index (χ1n) is 10.1. The molecule has 2 rings (SSSR count). The normalized spacial score (nSPS) is 10.7. The molecule has 29 heavy (non-hydrogen) atoms. The zero-order chi connectivity index (χ0) is 21.1. The van der Waals surface area contributed by atoms with Crippen molar-refractivity contribution in [2.75, 3.05) is 11.5 Å². The van der Waals surface area contributed by atoms with Crippen molar-refractivity contribution in [3.8, 4) is 0 Å². The SMILES string of the molecule is CCCCCCCCC(OC(=O)c1ccc(N)cc1)OC(=O)c1ccc(N)cc1. The molecule has 6 nitrogen and oxygen atoms in total. The Balaban J connectivity index is 1.97. The van der Waals surface area contributed by atoms with E-state index in [1.807, 2.05) is 0 Å². The Hall–Kier alpha value is -3.02. The summed E-state index contributed by atoms with van der Waals surface area (Å²) in [6.45, 7) is 2.17. The van der Waals surface area contributed by atoms with Gasteiger partial charge in [-0.25, -0.2) is 9.59 Å². The van der Waals surface area contributed by atoms with Crippen LogP contribution in [-0.2, 0) is 9.47 Å². The molecule has 0 aliphatic heterocycles. The van der Waals surface area contributed by atoms with E-state index in [1.165, 1.54) is 19.3 Å². The first-order chi connectivity index (χ1) is 14.0. The number of esters is 2. The van der Waals surface area contributed by atoms with Gasteiger partial charge in [-0.15, -0.1) is 0 Å². The Morgan fingerprint density at radius 1 is 0.724 bits per heavy atom. The maximum atomic E-state index is 12.4. The number of hydrogen-bond acceptors (Lipinski definition) is 6. The van der Waals surface area contributed by atoms with Crippen molar-refractivity contribution in [1.82, 2.24) is 0 Å². The molecule has 0 unspecified atom stereocenters. The summed E-state index contributed by atoms with van der Waals surface area (Å²) < 4.78 is 10.9. The fourth-order valence-electron chi connectivity index (χ4n) is 2.85. The van der Waals surface area contributed by atoms with Crippen LogP contribution in [0.3, 0.4) is 0 Å². The Kier molecular flexibility index (Phi) is 9.02. The van der Waals surface area contributed by atoms with Crippen molar-refractivity contribution in [1.29, 1.82) is 0 Å². The van der Waals surface area contributed by atoms with Crippen LogP contribution in [-0.4, -0.2) is 18.2 Å². The van der Waals surface area contributed by atoms with E-state index in [1.54, 1.807) is 48.5 Å². The predicted octanol–water partition coefficient (Wildman–Crippen LogP) is 4.94. The number of carbonyl (C=O) groups is 2. The number of nitrogens with two attached hydrogens (primary N) is 2. The third-order valence-electron chi connectivity index (χ3n) is 4.56. The number of carbonyl (C=O) groups excluding carboxylic acids is 2. The molecule has 2 aromatic rings. The van der Waals surface area contributed by atoms with Crippen LogP contribution < -0.4 is 11.5 Å².